The molecule has 0 aromatic carbocycles. The van der Waals surface area contributed by atoms with Crippen molar-refractivity contribution in [1.82, 2.24) is 9.97 Å². The van der Waals surface area contributed by atoms with Crippen molar-refractivity contribution >= 4 is 5.82 Å². The average molecular weight is 182 g/mol. The van der Waals surface area contributed by atoms with E-state index in [1.165, 1.54) is 0 Å². The van der Waals surface area contributed by atoms with E-state index in [9.17, 15) is 0 Å². The van der Waals surface area contributed by atoms with Gasteiger partial charge in [0.2, 0.25) is 0 Å². The zero-order valence-electron chi connectivity index (χ0n) is 8.03. The summed E-state index contributed by atoms with van der Waals surface area (Å²) in [7, 11) is 1.62. The Morgan fingerprint density at radius 1 is 1.54 bits per heavy atom. The lowest BCUT2D eigenvalue weighted by atomic mass is 10.1. The first-order valence-corrected chi connectivity index (χ1v) is 3.95. The van der Waals surface area contributed by atoms with Gasteiger partial charge in [-0.05, 0) is 13.8 Å². The summed E-state index contributed by atoms with van der Waals surface area (Å²) in [5, 5.41) is 0. The molecular formula is C8H14N4O. The minimum absolute atomic E-state index is 0.493. The van der Waals surface area contributed by atoms with Gasteiger partial charge in [-0.3, -0.25) is 0 Å². The van der Waals surface area contributed by atoms with Crippen molar-refractivity contribution in [1.29, 1.82) is 0 Å². The third-order valence-electron chi connectivity index (χ3n) is 1.85. The van der Waals surface area contributed by atoms with Crippen molar-refractivity contribution in [2.24, 2.45) is 5.84 Å². The number of ether oxygens (including phenoxy) is 1. The molecule has 5 heteroatoms. The number of aromatic nitrogens is 2. The molecule has 0 saturated heterocycles. The first-order chi connectivity index (χ1) is 6.10. The minimum Gasteiger partial charge on any atom is -0.371 e. The monoisotopic (exact) mass is 182 g/mol. The first-order valence-electron chi connectivity index (χ1n) is 3.95. The molecule has 13 heavy (non-hydrogen) atoms. The molecule has 1 aromatic heterocycles. The van der Waals surface area contributed by atoms with E-state index in [2.05, 4.69) is 15.4 Å². The highest BCUT2D eigenvalue weighted by Crippen LogP contribution is 2.20. The zero-order chi connectivity index (χ0) is 9.90. The van der Waals surface area contributed by atoms with E-state index in [0.29, 0.717) is 11.6 Å². The van der Waals surface area contributed by atoms with Crippen molar-refractivity contribution in [2.75, 3.05) is 12.5 Å². The molecule has 1 rings (SSSR count). The van der Waals surface area contributed by atoms with Crippen molar-refractivity contribution in [3.8, 4) is 0 Å². The number of methoxy groups -OCH3 is 1. The summed E-state index contributed by atoms with van der Waals surface area (Å²) in [5.74, 6) is 6.40. The molecule has 0 saturated carbocycles. The van der Waals surface area contributed by atoms with Crippen LogP contribution in [0.15, 0.2) is 12.3 Å². The lowest BCUT2D eigenvalue weighted by molar-refractivity contribution is 0.0116. The summed E-state index contributed by atoms with van der Waals surface area (Å²) < 4.78 is 5.23. The van der Waals surface area contributed by atoms with Crippen LogP contribution in [0.4, 0.5) is 5.82 Å². The van der Waals surface area contributed by atoms with Crippen molar-refractivity contribution in [3.63, 3.8) is 0 Å². The van der Waals surface area contributed by atoms with E-state index in [-0.39, 0.29) is 0 Å². The molecule has 0 atom stereocenters. The Bertz CT molecular complexity index is 287. The fourth-order valence-corrected chi connectivity index (χ4v) is 0.820. The molecule has 0 bridgehead atoms. The van der Waals surface area contributed by atoms with Gasteiger partial charge in [0.05, 0.1) is 0 Å². The molecule has 0 aliphatic carbocycles. The van der Waals surface area contributed by atoms with E-state index >= 15 is 0 Å². The Balaban J connectivity index is 3.01. The Morgan fingerprint density at radius 3 is 2.77 bits per heavy atom. The Kier molecular flexibility index (Phi) is 2.79. The number of nitrogens with one attached hydrogen (secondary N) is 1. The number of nitrogens with two attached hydrogens (primary N) is 1. The van der Waals surface area contributed by atoms with Crippen LogP contribution in [0, 0.1) is 0 Å². The normalized spacial score (nSPS) is 11.4. The minimum atomic E-state index is -0.493. The van der Waals surface area contributed by atoms with Crippen LogP contribution in [-0.4, -0.2) is 17.1 Å². The highest BCUT2D eigenvalue weighted by molar-refractivity contribution is 5.31. The van der Waals surface area contributed by atoms with Crippen LogP contribution in [0.25, 0.3) is 0 Å². The Labute approximate surface area is 77.3 Å². The van der Waals surface area contributed by atoms with Crippen LogP contribution < -0.4 is 11.3 Å². The number of anilines is 1. The molecule has 1 aromatic rings. The van der Waals surface area contributed by atoms with Gasteiger partial charge in [-0.25, -0.2) is 15.8 Å². The van der Waals surface area contributed by atoms with Gasteiger partial charge >= 0.3 is 0 Å². The number of hydrazine groups is 1. The summed E-state index contributed by atoms with van der Waals surface area (Å²) in [5.41, 5.74) is 1.96. The third kappa shape index (κ3) is 2.13. The van der Waals surface area contributed by atoms with Gasteiger partial charge in [0.25, 0.3) is 0 Å². The van der Waals surface area contributed by atoms with Gasteiger partial charge in [0.1, 0.15) is 11.4 Å². The first kappa shape index (κ1) is 9.88. The fraction of sp³-hybridized carbons (Fsp3) is 0.500. The highest BCUT2D eigenvalue weighted by Gasteiger charge is 2.22. The van der Waals surface area contributed by atoms with Gasteiger partial charge in [-0.2, -0.15) is 0 Å². The number of nitrogen functional groups attached to an aromatic ring is 1. The van der Waals surface area contributed by atoms with E-state index in [1.54, 1.807) is 19.4 Å². The summed E-state index contributed by atoms with van der Waals surface area (Å²) >= 11 is 0. The molecule has 0 aliphatic heterocycles. The van der Waals surface area contributed by atoms with Crippen LogP contribution in [0.2, 0.25) is 0 Å². The van der Waals surface area contributed by atoms with Crippen molar-refractivity contribution in [2.45, 2.75) is 19.4 Å². The largest absolute Gasteiger partial charge is 0.371 e. The van der Waals surface area contributed by atoms with Crippen LogP contribution in [0.1, 0.15) is 19.7 Å². The summed E-state index contributed by atoms with van der Waals surface area (Å²) in [6.45, 7) is 3.78. The molecule has 72 valence electrons. The lowest BCUT2D eigenvalue weighted by Gasteiger charge is -2.20. The number of nitrogens with zero attached hydrogens (tertiary/aromatic N) is 2. The Morgan fingerprint density at radius 2 is 2.23 bits per heavy atom. The third-order valence-corrected chi connectivity index (χ3v) is 1.85. The summed E-state index contributed by atoms with van der Waals surface area (Å²) in [6.07, 6.45) is 1.64. The maximum atomic E-state index is 5.23. The SMILES string of the molecule is COC(C)(C)c1nccc(NN)n1. The van der Waals surface area contributed by atoms with Crippen molar-refractivity contribution in [3.05, 3.63) is 18.1 Å². The maximum absolute atomic E-state index is 5.23. The van der Waals surface area contributed by atoms with E-state index < -0.39 is 5.60 Å². The zero-order valence-corrected chi connectivity index (χ0v) is 8.03. The van der Waals surface area contributed by atoms with Gasteiger partial charge in [0.15, 0.2) is 5.82 Å². The lowest BCUT2D eigenvalue weighted by Crippen LogP contribution is -2.23. The molecule has 5 nitrogen and oxygen atoms in total. The molecule has 0 spiro atoms. The van der Waals surface area contributed by atoms with E-state index in [0.717, 1.165) is 0 Å². The van der Waals surface area contributed by atoms with Crippen LogP contribution >= 0.6 is 0 Å². The maximum Gasteiger partial charge on any atom is 0.162 e. The molecule has 1 heterocycles. The molecule has 0 fully saturated rings. The Hall–Kier alpha value is -1.20. The summed E-state index contributed by atoms with van der Waals surface area (Å²) in [4.78, 5) is 8.26. The molecule has 0 aliphatic rings. The quantitative estimate of drug-likeness (QED) is 0.530. The molecule has 3 N–H and O–H groups in total. The highest BCUT2D eigenvalue weighted by atomic mass is 16.5. The predicted octanol–water partition coefficient (Wildman–Crippen LogP) is 0.644. The second-order valence-corrected chi connectivity index (χ2v) is 3.12. The molecule has 0 amide bonds. The number of hydrogen-bond donors (Lipinski definition) is 2. The van der Waals surface area contributed by atoms with Crippen LogP contribution in [-0.2, 0) is 10.3 Å². The second-order valence-electron chi connectivity index (χ2n) is 3.12. The van der Waals surface area contributed by atoms with Crippen molar-refractivity contribution < 1.29 is 4.74 Å². The molecular weight excluding hydrogens is 168 g/mol. The van der Waals surface area contributed by atoms with Crippen LogP contribution in [0.5, 0.6) is 0 Å². The second kappa shape index (κ2) is 3.68. The van der Waals surface area contributed by atoms with Gasteiger partial charge in [-0.1, -0.05) is 0 Å². The van der Waals surface area contributed by atoms with Gasteiger partial charge in [0, 0.05) is 19.4 Å². The number of rotatable bonds is 3. The van der Waals surface area contributed by atoms with Gasteiger partial charge < -0.3 is 10.2 Å². The standard InChI is InChI=1S/C8H14N4O/c1-8(2,13-3)7-10-5-4-6(11-7)12-9/h4-5H,9H2,1-3H3,(H,10,11,12). The van der Waals surface area contributed by atoms with Crippen LogP contribution in [0.3, 0.4) is 0 Å². The molecule has 0 radical (unpaired) electrons. The van der Waals surface area contributed by atoms with E-state index in [4.69, 9.17) is 10.6 Å². The summed E-state index contributed by atoms with van der Waals surface area (Å²) in [6, 6.07) is 1.69. The topological polar surface area (TPSA) is 73.1 Å². The van der Waals surface area contributed by atoms with Gasteiger partial charge in [-0.15, -0.1) is 0 Å². The molecule has 0 unspecified atom stereocenters. The predicted molar refractivity (Wildman–Crippen MR) is 49.9 cm³/mol. The average Bonchev–Trinajstić information content (AvgIpc) is 2.18. The fourth-order valence-electron chi connectivity index (χ4n) is 0.820. The van der Waals surface area contributed by atoms with E-state index in [1.807, 2.05) is 13.8 Å². The number of hydrogen-bond acceptors (Lipinski definition) is 5. The smallest absolute Gasteiger partial charge is 0.162 e.